The molecule has 0 unspecified atom stereocenters. The Balaban J connectivity index is 1.99. The Hall–Kier alpha value is -3.16. The van der Waals surface area contributed by atoms with Crippen molar-refractivity contribution in [2.75, 3.05) is 6.61 Å². The summed E-state index contributed by atoms with van der Waals surface area (Å²) in [6, 6.07) is 9.18. The molecule has 1 heterocycles. The summed E-state index contributed by atoms with van der Waals surface area (Å²) in [5.74, 6) is -0.995. The smallest absolute Gasteiger partial charge is 0.357 e. The number of imidazole rings is 1. The third-order valence-electron chi connectivity index (χ3n) is 2.83. The van der Waals surface area contributed by atoms with Crippen molar-refractivity contribution < 1.29 is 14.3 Å². The molecule has 0 atom stereocenters. The van der Waals surface area contributed by atoms with Gasteiger partial charge in [0.25, 0.3) is 0 Å². The molecule has 0 bridgehead atoms. The zero-order valence-electron chi connectivity index (χ0n) is 12.5. The van der Waals surface area contributed by atoms with E-state index in [2.05, 4.69) is 20.5 Å². The van der Waals surface area contributed by atoms with Crippen LogP contribution in [0.1, 0.15) is 28.7 Å². The highest BCUT2D eigenvalue weighted by Crippen LogP contribution is 2.01. The van der Waals surface area contributed by atoms with Crippen molar-refractivity contribution in [1.82, 2.24) is 15.4 Å². The molecular weight excluding hydrogens is 300 g/mol. The molecule has 2 rings (SSSR count). The van der Waals surface area contributed by atoms with Crippen molar-refractivity contribution in [2.45, 2.75) is 13.3 Å². The van der Waals surface area contributed by atoms with E-state index in [0.717, 1.165) is 5.56 Å². The summed E-state index contributed by atoms with van der Waals surface area (Å²) in [7, 11) is 0. The highest BCUT2D eigenvalue weighted by atomic mass is 16.5. The Bertz CT molecular complexity index is 761. The molecule has 3 N–H and O–H groups in total. The molecule has 0 aliphatic heterocycles. The molecule has 120 valence electrons. The van der Waals surface area contributed by atoms with Gasteiger partial charge in [-0.15, -0.1) is 0 Å². The van der Waals surface area contributed by atoms with Crippen molar-refractivity contribution in [3.05, 3.63) is 57.8 Å². The van der Waals surface area contributed by atoms with Crippen LogP contribution in [0, 0.1) is 0 Å². The Kier molecular flexibility index (Phi) is 5.45. The normalized spacial score (nSPS) is 10.7. The first-order valence-corrected chi connectivity index (χ1v) is 6.95. The van der Waals surface area contributed by atoms with E-state index in [1.54, 1.807) is 6.92 Å². The highest BCUT2D eigenvalue weighted by Gasteiger charge is 2.15. The lowest BCUT2D eigenvalue weighted by atomic mass is 10.1. The fraction of sp³-hybridized carbons (Fsp3) is 0.200. The zero-order valence-corrected chi connectivity index (χ0v) is 12.5. The Labute approximate surface area is 131 Å². The molecule has 0 saturated carbocycles. The van der Waals surface area contributed by atoms with Gasteiger partial charge in [0.2, 0.25) is 5.91 Å². The number of hydrazone groups is 1. The maximum absolute atomic E-state index is 11.7. The topological polar surface area (TPSA) is 116 Å². The Morgan fingerprint density at radius 2 is 2.00 bits per heavy atom. The summed E-state index contributed by atoms with van der Waals surface area (Å²) in [6.07, 6.45) is 1.35. The van der Waals surface area contributed by atoms with Gasteiger partial charge in [0.1, 0.15) is 0 Å². The molecule has 1 amide bonds. The number of carbonyl (C=O) groups excluding carboxylic acids is 2. The lowest BCUT2D eigenvalue weighted by molar-refractivity contribution is -0.120. The third kappa shape index (κ3) is 4.67. The zero-order chi connectivity index (χ0) is 16.7. The fourth-order valence-corrected chi connectivity index (χ4v) is 1.85. The van der Waals surface area contributed by atoms with Gasteiger partial charge in [-0.1, -0.05) is 30.3 Å². The number of aromatic amines is 2. The van der Waals surface area contributed by atoms with Crippen LogP contribution >= 0.6 is 0 Å². The SMILES string of the molecule is CCOC(=O)c1[nH]c(=O)[nH]c1C=NNC(=O)Cc1ccccc1. The number of benzene rings is 1. The molecule has 0 fully saturated rings. The van der Waals surface area contributed by atoms with E-state index >= 15 is 0 Å². The number of aromatic nitrogens is 2. The molecule has 2 aromatic rings. The lowest BCUT2D eigenvalue weighted by Gasteiger charge is -2.00. The quantitative estimate of drug-likeness (QED) is 0.410. The average molecular weight is 316 g/mol. The van der Waals surface area contributed by atoms with Gasteiger partial charge < -0.3 is 9.72 Å². The van der Waals surface area contributed by atoms with Gasteiger partial charge in [-0.05, 0) is 12.5 Å². The number of hydrogen-bond acceptors (Lipinski definition) is 5. The molecule has 1 aromatic heterocycles. The van der Waals surface area contributed by atoms with E-state index in [1.807, 2.05) is 30.3 Å². The largest absolute Gasteiger partial charge is 0.461 e. The first-order valence-electron chi connectivity index (χ1n) is 6.95. The minimum Gasteiger partial charge on any atom is -0.461 e. The lowest BCUT2D eigenvalue weighted by Crippen LogP contribution is -2.20. The van der Waals surface area contributed by atoms with Crippen LogP contribution in [0.3, 0.4) is 0 Å². The fourth-order valence-electron chi connectivity index (χ4n) is 1.85. The molecule has 1 aromatic carbocycles. The van der Waals surface area contributed by atoms with E-state index in [4.69, 9.17) is 4.74 Å². The molecule has 0 saturated heterocycles. The van der Waals surface area contributed by atoms with Crippen molar-refractivity contribution in [2.24, 2.45) is 5.10 Å². The van der Waals surface area contributed by atoms with Crippen LogP contribution in [0.15, 0.2) is 40.2 Å². The van der Waals surface area contributed by atoms with Crippen molar-refractivity contribution >= 4 is 18.1 Å². The van der Waals surface area contributed by atoms with Crippen molar-refractivity contribution in [3.63, 3.8) is 0 Å². The van der Waals surface area contributed by atoms with Gasteiger partial charge in [-0.3, -0.25) is 9.78 Å². The Morgan fingerprint density at radius 3 is 2.70 bits per heavy atom. The number of H-pyrrole nitrogens is 2. The number of carbonyl (C=O) groups is 2. The molecule has 0 aliphatic carbocycles. The molecule has 8 nitrogen and oxygen atoms in total. The summed E-state index contributed by atoms with van der Waals surface area (Å²) in [4.78, 5) is 39.4. The van der Waals surface area contributed by atoms with Crippen molar-refractivity contribution in [3.8, 4) is 0 Å². The molecule has 0 spiro atoms. The van der Waals surface area contributed by atoms with Crippen LogP contribution in [0.2, 0.25) is 0 Å². The minimum absolute atomic E-state index is 0.0436. The predicted molar refractivity (Wildman–Crippen MR) is 83.3 cm³/mol. The second-order valence-corrected chi connectivity index (χ2v) is 4.54. The van der Waals surface area contributed by atoms with Gasteiger partial charge in [0.05, 0.1) is 24.9 Å². The van der Waals surface area contributed by atoms with Gasteiger partial charge in [0.15, 0.2) is 5.69 Å². The molecular formula is C15H16N4O4. The maximum atomic E-state index is 11.7. The molecule has 23 heavy (non-hydrogen) atoms. The van der Waals surface area contributed by atoms with E-state index in [9.17, 15) is 14.4 Å². The summed E-state index contributed by atoms with van der Waals surface area (Å²) in [6.45, 7) is 1.83. The first kappa shape index (κ1) is 16.2. The number of hydrogen-bond donors (Lipinski definition) is 3. The maximum Gasteiger partial charge on any atom is 0.357 e. The highest BCUT2D eigenvalue weighted by molar-refractivity contribution is 5.96. The predicted octanol–water partition coefficient (Wildman–Crippen LogP) is 0.572. The minimum atomic E-state index is -0.678. The first-order chi connectivity index (χ1) is 11.1. The van der Waals surface area contributed by atoms with E-state index in [1.165, 1.54) is 6.21 Å². The number of nitrogens with one attached hydrogen (secondary N) is 3. The van der Waals surface area contributed by atoms with E-state index < -0.39 is 11.7 Å². The van der Waals surface area contributed by atoms with Gasteiger partial charge in [-0.25, -0.2) is 15.0 Å². The summed E-state index contributed by atoms with van der Waals surface area (Å²) in [5, 5.41) is 3.73. The number of nitrogens with zero attached hydrogens (tertiary/aromatic N) is 1. The third-order valence-corrected chi connectivity index (χ3v) is 2.83. The summed E-state index contributed by atoms with van der Waals surface area (Å²) in [5.41, 5.74) is 2.70. The van der Waals surface area contributed by atoms with Crippen LogP contribution in [-0.2, 0) is 16.0 Å². The summed E-state index contributed by atoms with van der Waals surface area (Å²) < 4.78 is 4.81. The number of rotatable bonds is 6. The van der Waals surface area contributed by atoms with Crippen molar-refractivity contribution in [1.29, 1.82) is 0 Å². The van der Waals surface area contributed by atoms with Gasteiger partial charge in [-0.2, -0.15) is 5.10 Å². The van der Waals surface area contributed by atoms with Gasteiger partial charge >= 0.3 is 11.7 Å². The average Bonchev–Trinajstić information content (AvgIpc) is 2.89. The Morgan fingerprint density at radius 1 is 1.26 bits per heavy atom. The van der Waals surface area contributed by atoms with Crippen LogP contribution < -0.4 is 11.1 Å². The van der Waals surface area contributed by atoms with Crippen LogP contribution in [0.25, 0.3) is 0 Å². The summed E-state index contributed by atoms with van der Waals surface area (Å²) >= 11 is 0. The van der Waals surface area contributed by atoms with Crippen LogP contribution in [-0.4, -0.2) is 34.7 Å². The van der Waals surface area contributed by atoms with Crippen LogP contribution in [0.5, 0.6) is 0 Å². The van der Waals surface area contributed by atoms with E-state index in [-0.39, 0.29) is 30.3 Å². The monoisotopic (exact) mass is 316 g/mol. The number of esters is 1. The van der Waals surface area contributed by atoms with E-state index in [0.29, 0.717) is 0 Å². The number of ether oxygens (including phenoxy) is 1. The molecule has 8 heteroatoms. The molecule has 0 aliphatic rings. The second kappa shape index (κ2) is 7.74. The molecule has 0 radical (unpaired) electrons. The second-order valence-electron chi connectivity index (χ2n) is 4.54. The number of amides is 1. The van der Waals surface area contributed by atoms with Crippen LogP contribution in [0.4, 0.5) is 0 Å². The van der Waals surface area contributed by atoms with Gasteiger partial charge in [0, 0.05) is 0 Å². The standard InChI is InChI=1S/C15H16N4O4/c1-2-23-14(21)13-11(17-15(22)18-13)9-16-19-12(20)8-10-6-4-3-5-7-10/h3-7,9H,2,8H2,1H3,(H,19,20)(H2,17,18,22).